The van der Waals surface area contributed by atoms with Gasteiger partial charge in [0.2, 0.25) is 0 Å². The Labute approximate surface area is 125 Å². The molecule has 0 radical (unpaired) electrons. The fourth-order valence-corrected chi connectivity index (χ4v) is 4.12. The van der Waals surface area contributed by atoms with Gasteiger partial charge in [-0.15, -0.1) is 0 Å². The van der Waals surface area contributed by atoms with Gasteiger partial charge >= 0.3 is 0 Å². The second kappa shape index (κ2) is 4.46. The highest BCUT2D eigenvalue weighted by Crippen LogP contribution is 2.42. The number of hydrogen-bond acceptors (Lipinski definition) is 2. The van der Waals surface area contributed by atoms with Gasteiger partial charge in [-0.2, -0.15) is 0 Å². The molecular formula is C18H22N2O. The molecule has 2 aliphatic rings. The molecule has 0 fully saturated rings. The highest BCUT2D eigenvalue weighted by molar-refractivity contribution is 5.98. The molecule has 1 aromatic heterocycles. The molecule has 3 nitrogen and oxygen atoms in total. The monoisotopic (exact) mass is 282 g/mol. The van der Waals surface area contributed by atoms with Crippen LogP contribution >= 0.6 is 0 Å². The van der Waals surface area contributed by atoms with Gasteiger partial charge in [0.1, 0.15) is 0 Å². The molecular weight excluding hydrogens is 260 g/mol. The maximum Gasteiger partial charge on any atom is 0.0967 e. The fourth-order valence-electron chi connectivity index (χ4n) is 4.12. The molecule has 0 unspecified atom stereocenters. The van der Waals surface area contributed by atoms with E-state index in [1.807, 2.05) is 0 Å². The fraction of sp³-hybridized carbons (Fsp3) is 0.444. The summed E-state index contributed by atoms with van der Waals surface area (Å²) >= 11 is 0. The molecule has 3 heteroatoms. The van der Waals surface area contributed by atoms with Gasteiger partial charge in [-0.1, -0.05) is 12.1 Å². The first-order chi connectivity index (χ1) is 10.1. The van der Waals surface area contributed by atoms with E-state index in [1.165, 1.54) is 27.6 Å². The van der Waals surface area contributed by atoms with Crippen LogP contribution in [-0.2, 0) is 11.2 Å². The summed E-state index contributed by atoms with van der Waals surface area (Å²) in [4.78, 5) is 5.86. The first-order valence-corrected chi connectivity index (χ1v) is 7.77. The SMILES string of the molecule is CCO[C@]1(C)C=C2c3cccc4[nH]cc(c34)C[C@@H]2N(C)C1. The van der Waals surface area contributed by atoms with Crippen molar-refractivity contribution in [3.63, 3.8) is 0 Å². The van der Waals surface area contributed by atoms with Crippen molar-refractivity contribution in [2.45, 2.75) is 31.9 Å². The van der Waals surface area contributed by atoms with Gasteiger partial charge in [0.15, 0.2) is 0 Å². The highest BCUT2D eigenvalue weighted by Gasteiger charge is 2.38. The average Bonchev–Trinajstić information content (AvgIpc) is 2.85. The van der Waals surface area contributed by atoms with Gasteiger partial charge in [0.25, 0.3) is 0 Å². The van der Waals surface area contributed by atoms with Gasteiger partial charge in [-0.25, -0.2) is 0 Å². The summed E-state index contributed by atoms with van der Waals surface area (Å²) in [6, 6.07) is 7.03. The van der Waals surface area contributed by atoms with E-state index < -0.39 is 0 Å². The van der Waals surface area contributed by atoms with E-state index in [9.17, 15) is 0 Å². The lowest BCUT2D eigenvalue weighted by Crippen LogP contribution is -2.50. The number of rotatable bonds is 2. The number of benzene rings is 1. The van der Waals surface area contributed by atoms with Crippen LogP contribution in [0.1, 0.15) is 25.0 Å². The van der Waals surface area contributed by atoms with Gasteiger partial charge in [0, 0.05) is 36.3 Å². The molecule has 2 aromatic rings. The largest absolute Gasteiger partial charge is 0.370 e. The lowest BCUT2D eigenvalue weighted by atomic mass is 9.79. The van der Waals surface area contributed by atoms with Gasteiger partial charge in [0.05, 0.1) is 5.60 Å². The van der Waals surface area contributed by atoms with Crippen LogP contribution in [0, 0.1) is 0 Å². The summed E-state index contributed by atoms with van der Waals surface area (Å²) in [6.45, 7) is 5.97. The number of fused-ring (bicyclic) bond motifs is 2. The Bertz CT molecular complexity index is 730. The maximum absolute atomic E-state index is 6.03. The zero-order chi connectivity index (χ0) is 14.6. The molecule has 0 spiro atoms. The summed E-state index contributed by atoms with van der Waals surface area (Å²) in [5.41, 5.74) is 5.29. The van der Waals surface area contributed by atoms with Crippen molar-refractivity contribution in [2.75, 3.05) is 20.2 Å². The van der Waals surface area contributed by atoms with Gasteiger partial charge in [-0.3, -0.25) is 4.90 Å². The smallest absolute Gasteiger partial charge is 0.0967 e. The lowest BCUT2D eigenvalue weighted by molar-refractivity contribution is -0.0174. The summed E-state index contributed by atoms with van der Waals surface area (Å²) in [7, 11) is 2.22. The van der Waals surface area contributed by atoms with Crippen molar-refractivity contribution in [1.82, 2.24) is 9.88 Å². The standard InChI is InChI=1S/C18H22N2O/c1-4-21-18(2)9-14-13-6-5-7-15-17(13)12(10-19-15)8-16(14)20(3)11-18/h5-7,9-10,16,19H,4,8,11H2,1-3H3/t16-,18+/m0/s1. The Kier molecular flexibility index (Phi) is 2.78. The minimum absolute atomic E-state index is 0.189. The number of H-pyrrole nitrogens is 1. The number of aromatic nitrogens is 1. The molecule has 1 aromatic carbocycles. The van der Waals surface area contributed by atoms with Gasteiger partial charge in [-0.05, 0) is 56.2 Å². The molecule has 4 rings (SSSR count). The third-order valence-electron chi connectivity index (χ3n) is 4.90. The van der Waals surface area contributed by atoms with Crippen molar-refractivity contribution >= 4 is 16.5 Å². The Morgan fingerprint density at radius 3 is 3.10 bits per heavy atom. The zero-order valence-electron chi connectivity index (χ0n) is 12.9. The second-order valence-corrected chi connectivity index (χ2v) is 6.52. The summed E-state index contributed by atoms with van der Waals surface area (Å²) in [6.07, 6.45) is 5.63. The quantitative estimate of drug-likeness (QED) is 0.916. The van der Waals surface area contributed by atoms with E-state index >= 15 is 0 Å². The van der Waals surface area contributed by atoms with Crippen molar-refractivity contribution in [1.29, 1.82) is 0 Å². The summed E-state index contributed by atoms with van der Waals surface area (Å²) in [5, 5.41) is 1.40. The van der Waals surface area contributed by atoms with E-state index in [4.69, 9.17) is 4.74 Å². The van der Waals surface area contributed by atoms with E-state index in [-0.39, 0.29) is 5.60 Å². The molecule has 2 atom stereocenters. The summed E-state index contributed by atoms with van der Waals surface area (Å²) < 4.78 is 6.03. The van der Waals surface area contributed by atoms with E-state index in [0.29, 0.717) is 6.04 Å². The Hall–Kier alpha value is -1.58. The first kappa shape index (κ1) is 13.1. The number of nitrogens with one attached hydrogen (secondary N) is 1. The van der Waals surface area contributed by atoms with Gasteiger partial charge < -0.3 is 9.72 Å². The van der Waals surface area contributed by atoms with Crippen molar-refractivity contribution in [3.8, 4) is 0 Å². The Morgan fingerprint density at radius 2 is 2.29 bits per heavy atom. The zero-order valence-corrected chi connectivity index (χ0v) is 12.9. The number of ether oxygens (including phenoxy) is 1. The molecule has 0 bridgehead atoms. The van der Waals surface area contributed by atoms with E-state index in [2.05, 4.69) is 61.3 Å². The molecule has 0 amide bonds. The highest BCUT2D eigenvalue weighted by atomic mass is 16.5. The molecule has 0 saturated carbocycles. The minimum Gasteiger partial charge on any atom is -0.370 e. The molecule has 1 aliphatic heterocycles. The van der Waals surface area contributed by atoms with E-state index in [0.717, 1.165) is 19.6 Å². The van der Waals surface area contributed by atoms with Crippen molar-refractivity contribution < 1.29 is 4.74 Å². The van der Waals surface area contributed by atoms with Crippen molar-refractivity contribution in [2.24, 2.45) is 0 Å². The minimum atomic E-state index is -0.189. The molecule has 1 aliphatic carbocycles. The number of likely N-dealkylation sites (N-methyl/N-ethyl adjacent to an activating group) is 1. The van der Waals surface area contributed by atoms with Crippen LogP contribution in [0.4, 0.5) is 0 Å². The second-order valence-electron chi connectivity index (χ2n) is 6.52. The van der Waals surface area contributed by atoms with Crippen LogP contribution in [0.3, 0.4) is 0 Å². The maximum atomic E-state index is 6.03. The van der Waals surface area contributed by atoms with Crippen LogP contribution in [0.2, 0.25) is 0 Å². The molecule has 110 valence electrons. The third kappa shape index (κ3) is 1.88. The van der Waals surface area contributed by atoms with Crippen LogP contribution in [-0.4, -0.2) is 41.7 Å². The predicted molar refractivity (Wildman–Crippen MR) is 86.4 cm³/mol. The normalized spacial score (nSPS) is 28.5. The molecule has 0 saturated heterocycles. The molecule has 21 heavy (non-hydrogen) atoms. The third-order valence-corrected chi connectivity index (χ3v) is 4.90. The topological polar surface area (TPSA) is 28.3 Å². The van der Waals surface area contributed by atoms with Crippen LogP contribution in [0.15, 0.2) is 30.5 Å². The number of aromatic amines is 1. The Balaban J connectivity index is 1.93. The molecule has 2 heterocycles. The predicted octanol–water partition coefficient (Wildman–Crippen LogP) is 3.22. The average molecular weight is 282 g/mol. The van der Waals surface area contributed by atoms with E-state index in [1.54, 1.807) is 0 Å². The summed E-state index contributed by atoms with van der Waals surface area (Å²) in [5.74, 6) is 0. The Morgan fingerprint density at radius 1 is 1.43 bits per heavy atom. The van der Waals surface area contributed by atoms with Crippen LogP contribution < -0.4 is 0 Å². The first-order valence-electron chi connectivity index (χ1n) is 7.77. The number of hydrogen-bond donors (Lipinski definition) is 1. The number of nitrogens with zero attached hydrogens (tertiary/aromatic N) is 1. The van der Waals surface area contributed by atoms with Crippen LogP contribution in [0.25, 0.3) is 16.5 Å². The molecule has 1 N–H and O–H groups in total. The van der Waals surface area contributed by atoms with Crippen LogP contribution in [0.5, 0.6) is 0 Å². The lowest BCUT2D eigenvalue weighted by Gasteiger charge is -2.44. The van der Waals surface area contributed by atoms with Crippen molar-refractivity contribution in [3.05, 3.63) is 41.6 Å².